The van der Waals surface area contributed by atoms with E-state index in [9.17, 15) is 4.57 Å². The van der Waals surface area contributed by atoms with Gasteiger partial charge < -0.3 is 9.05 Å². The Hall–Kier alpha value is -0.160. The highest BCUT2D eigenvalue weighted by Gasteiger charge is 2.27. The zero-order chi connectivity index (χ0) is 12.7. The van der Waals surface area contributed by atoms with E-state index in [0.29, 0.717) is 16.5 Å². The van der Waals surface area contributed by atoms with E-state index in [1.54, 1.807) is 13.8 Å². The van der Waals surface area contributed by atoms with Crippen molar-refractivity contribution in [2.45, 2.75) is 13.8 Å². The highest BCUT2D eigenvalue weighted by Crippen LogP contribution is 2.59. The lowest BCUT2D eigenvalue weighted by Crippen LogP contribution is -1.95. The average Bonchev–Trinajstić information content (AvgIpc) is 2.31. The molecule has 0 atom stereocenters. The Kier molecular flexibility index (Phi) is 6.41. The molecule has 0 unspecified atom stereocenters. The van der Waals surface area contributed by atoms with Crippen molar-refractivity contribution in [3.05, 3.63) is 39.2 Å². The van der Waals surface area contributed by atoms with Gasteiger partial charge in [0.05, 0.1) is 13.2 Å². The van der Waals surface area contributed by atoms with Crippen LogP contribution < -0.4 is 0 Å². The lowest BCUT2D eigenvalue weighted by molar-refractivity contribution is 0.228. The second-order valence-electron chi connectivity index (χ2n) is 3.21. The zero-order valence-electron chi connectivity index (χ0n) is 9.93. The molecule has 94 valence electrons. The number of rotatable bonds is 6. The minimum atomic E-state index is -3.13. The average molecular weight is 366 g/mol. The molecule has 5 heteroatoms. The van der Waals surface area contributed by atoms with Gasteiger partial charge in [-0.15, -0.1) is 0 Å². The normalized spacial score (nSPS) is 12.8. The van der Waals surface area contributed by atoms with Crippen molar-refractivity contribution in [1.29, 1.82) is 0 Å². The fraction of sp³-hybridized carbons (Fsp3) is 0.333. The van der Waals surface area contributed by atoms with E-state index >= 15 is 0 Å². The Labute approximate surface area is 116 Å². The fourth-order valence-electron chi connectivity index (χ4n) is 1.27. The number of hydrogen-bond acceptors (Lipinski definition) is 3. The summed E-state index contributed by atoms with van der Waals surface area (Å²) in [5.41, 5.74) is 0.983. The molecule has 0 aliphatic heterocycles. The standard InChI is InChI=1S/C12H16IO3P/c1-3-15-17(14,16-4-2)12(13)10-11-8-6-5-7-9-11/h5-10H,3-4H2,1-2H3/b12-10-. The first-order valence-corrected chi connectivity index (χ1v) is 8.06. The minimum Gasteiger partial charge on any atom is -0.305 e. The molecule has 0 heterocycles. The molecule has 0 spiro atoms. The predicted molar refractivity (Wildman–Crippen MR) is 79.3 cm³/mol. The van der Waals surface area contributed by atoms with Gasteiger partial charge in [-0.05, 0) is 48.1 Å². The summed E-state index contributed by atoms with van der Waals surface area (Å²) in [7, 11) is -3.13. The van der Waals surface area contributed by atoms with Gasteiger partial charge in [0.1, 0.15) is 3.32 Å². The van der Waals surface area contributed by atoms with Crippen LogP contribution in [0.25, 0.3) is 6.08 Å². The van der Waals surface area contributed by atoms with Crippen LogP contribution in [0.4, 0.5) is 0 Å². The summed E-state index contributed by atoms with van der Waals surface area (Å²) in [4.78, 5) is 0. The van der Waals surface area contributed by atoms with Crippen LogP contribution in [0.15, 0.2) is 33.7 Å². The fourth-order valence-corrected chi connectivity index (χ4v) is 3.77. The summed E-state index contributed by atoms with van der Waals surface area (Å²) in [5, 5.41) is 0. The van der Waals surface area contributed by atoms with Crippen molar-refractivity contribution in [3.63, 3.8) is 0 Å². The van der Waals surface area contributed by atoms with Gasteiger partial charge in [0, 0.05) is 0 Å². The highest BCUT2D eigenvalue weighted by molar-refractivity contribution is 14.1. The molecule has 0 N–H and O–H groups in total. The van der Waals surface area contributed by atoms with Crippen LogP contribution in [-0.4, -0.2) is 13.2 Å². The first-order valence-electron chi connectivity index (χ1n) is 5.44. The summed E-state index contributed by atoms with van der Waals surface area (Å²) < 4.78 is 23.5. The van der Waals surface area contributed by atoms with Crippen LogP contribution >= 0.6 is 30.2 Å². The molecule has 1 aromatic rings. The van der Waals surface area contributed by atoms with Crippen molar-refractivity contribution >= 4 is 36.3 Å². The molecule has 0 saturated carbocycles. The van der Waals surface area contributed by atoms with E-state index in [2.05, 4.69) is 0 Å². The Bertz CT molecular complexity index is 407. The molecule has 17 heavy (non-hydrogen) atoms. The monoisotopic (exact) mass is 366 g/mol. The zero-order valence-corrected chi connectivity index (χ0v) is 13.0. The largest absolute Gasteiger partial charge is 0.367 e. The quantitative estimate of drug-likeness (QED) is 0.542. The molecule has 0 aliphatic carbocycles. The topological polar surface area (TPSA) is 35.5 Å². The summed E-state index contributed by atoms with van der Waals surface area (Å²) in [6, 6.07) is 9.70. The van der Waals surface area contributed by atoms with Crippen molar-refractivity contribution in [2.24, 2.45) is 0 Å². The summed E-state index contributed by atoms with van der Waals surface area (Å²) in [6.45, 7) is 4.34. The van der Waals surface area contributed by atoms with Gasteiger partial charge in [-0.25, -0.2) is 0 Å². The Morgan fingerprint density at radius 1 is 1.24 bits per heavy atom. The number of halogens is 1. The predicted octanol–water partition coefficient (Wildman–Crippen LogP) is 4.69. The van der Waals surface area contributed by atoms with Gasteiger partial charge in [-0.2, -0.15) is 0 Å². The van der Waals surface area contributed by atoms with Gasteiger partial charge in [-0.3, -0.25) is 4.57 Å². The molecule has 0 bridgehead atoms. The van der Waals surface area contributed by atoms with Crippen LogP contribution in [-0.2, 0) is 13.6 Å². The van der Waals surface area contributed by atoms with E-state index in [1.807, 2.05) is 59.0 Å². The summed E-state index contributed by atoms with van der Waals surface area (Å²) in [6.07, 6.45) is 1.83. The molecule has 1 aromatic carbocycles. The first-order chi connectivity index (χ1) is 8.12. The van der Waals surface area contributed by atoms with Gasteiger partial charge in [0.2, 0.25) is 0 Å². The Balaban J connectivity index is 2.96. The van der Waals surface area contributed by atoms with E-state index in [4.69, 9.17) is 9.05 Å². The lowest BCUT2D eigenvalue weighted by atomic mass is 10.2. The first kappa shape index (κ1) is 14.9. The van der Waals surface area contributed by atoms with Gasteiger partial charge >= 0.3 is 7.60 Å². The van der Waals surface area contributed by atoms with Gasteiger partial charge in [-0.1, -0.05) is 30.3 Å². The lowest BCUT2D eigenvalue weighted by Gasteiger charge is -2.16. The number of hydrogen-bond donors (Lipinski definition) is 0. The van der Waals surface area contributed by atoms with Crippen molar-refractivity contribution in [1.82, 2.24) is 0 Å². The van der Waals surface area contributed by atoms with Crippen LogP contribution in [0.2, 0.25) is 0 Å². The third-order valence-corrected chi connectivity index (χ3v) is 5.88. The van der Waals surface area contributed by atoms with E-state index in [-0.39, 0.29) is 0 Å². The van der Waals surface area contributed by atoms with Crippen LogP contribution in [0.5, 0.6) is 0 Å². The smallest absolute Gasteiger partial charge is 0.305 e. The van der Waals surface area contributed by atoms with Gasteiger partial charge in [0.25, 0.3) is 0 Å². The summed E-state index contributed by atoms with van der Waals surface area (Å²) in [5.74, 6) is 0. The molecule has 0 saturated heterocycles. The van der Waals surface area contributed by atoms with Crippen LogP contribution in [0.1, 0.15) is 19.4 Å². The molecule has 0 aliphatic rings. The van der Waals surface area contributed by atoms with Crippen LogP contribution in [0.3, 0.4) is 0 Å². The molecule has 0 aromatic heterocycles. The second kappa shape index (κ2) is 7.31. The third-order valence-electron chi connectivity index (χ3n) is 1.95. The van der Waals surface area contributed by atoms with E-state index in [0.717, 1.165) is 5.56 Å². The molecular weight excluding hydrogens is 350 g/mol. The third kappa shape index (κ3) is 4.54. The molecule has 1 rings (SSSR count). The van der Waals surface area contributed by atoms with Crippen LogP contribution in [0, 0.1) is 0 Å². The van der Waals surface area contributed by atoms with Crippen molar-refractivity contribution in [2.75, 3.05) is 13.2 Å². The summed E-state index contributed by atoms with van der Waals surface area (Å²) >= 11 is 2.02. The molecule has 3 nitrogen and oxygen atoms in total. The molecule has 0 radical (unpaired) electrons. The van der Waals surface area contributed by atoms with E-state index in [1.165, 1.54) is 0 Å². The Morgan fingerprint density at radius 3 is 2.24 bits per heavy atom. The number of benzene rings is 1. The maximum atomic E-state index is 12.4. The molecular formula is C12H16IO3P. The molecule has 0 amide bonds. The van der Waals surface area contributed by atoms with Crippen molar-refractivity contribution < 1.29 is 13.6 Å². The second-order valence-corrected chi connectivity index (χ2v) is 7.22. The maximum Gasteiger partial charge on any atom is 0.367 e. The Morgan fingerprint density at radius 2 is 1.76 bits per heavy atom. The van der Waals surface area contributed by atoms with E-state index < -0.39 is 7.60 Å². The van der Waals surface area contributed by atoms with Gasteiger partial charge in [0.15, 0.2) is 0 Å². The minimum absolute atomic E-state index is 0.367. The molecule has 0 fully saturated rings. The maximum absolute atomic E-state index is 12.4. The van der Waals surface area contributed by atoms with Crippen molar-refractivity contribution in [3.8, 4) is 0 Å². The highest BCUT2D eigenvalue weighted by atomic mass is 127. The SMILES string of the molecule is CCOP(=O)(OCC)/C(I)=C\c1ccccc1.